The standard InChI is InChI=1S/C22H30N6O2/c23-21(24-16-19-10-11-25-26-19)28-14-12-27(13-15-28)20(29)22(30,18-8-4-5-9-18)17-6-2-1-3-7-17/h1-3,6-7,10-11,18,30H,4-5,8-9,12-16H2,(H2,23,24)(H,25,26)/t22-/m0/s1. The number of benzene rings is 1. The first-order chi connectivity index (χ1) is 14.6. The quantitative estimate of drug-likeness (QED) is 0.443. The van der Waals surface area contributed by atoms with Crippen molar-refractivity contribution < 1.29 is 9.90 Å². The first kappa shape index (κ1) is 20.4. The van der Waals surface area contributed by atoms with Crippen molar-refractivity contribution in [2.24, 2.45) is 5.92 Å². The number of aromatic nitrogens is 2. The van der Waals surface area contributed by atoms with Gasteiger partial charge in [-0.3, -0.25) is 15.3 Å². The van der Waals surface area contributed by atoms with Crippen LogP contribution < -0.4 is 5.32 Å². The van der Waals surface area contributed by atoms with Crippen LogP contribution in [0.4, 0.5) is 0 Å². The number of rotatable bonds is 5. The van der Waals surface area contributed by atoms with Gasteiger partial charge in [0.1, 0.15) is 0 Å². The highest BCUT2D eigenvalue weighted by Crippen LogP contribution is 2.42. The number of carbonyl (C=O) groups excluding carboxylic acids is 1. The van der Waals surface area contributed by atoms with Crippen molar-refractivity contribution in [3.05, 3.63) is 53.9 Å². The molecule has 1 aliphatic carbocycles. The van der Waals surface area contributed by atoms with E-state index in [-0.39, 0.29) is 11.8 Å². The topological polar surface area (TPSA) is 108 Å². The van der Waals surface area contributed by atoms with Crippen molar-refractivity contribution in [2.75, 3.05) is 26.2 Å². The fraction of sp³-hybridized carbons (Fsp3) is 0.500. The number of aliphatic hydroxyl groups is 1. The summed E-state index contributed by atoms with van der Waals surface area (Å²) in [6.45, 7) is 2.60. The van der Waals surface area contributed by atoms with E-state index in [9.17, 15) is 9.90 Å². The molecule has 2 fully saturated rings. The maximum absolute atomic E-state index is 13.5. The molecule has 0 spiro atoms. The molecule has 0 radical (unpaired) electrons. The highest BCUT2D eigenvalue weighted by Gasteiger charge is 2.48. The van der Waals surface area contributed by atoms with E-state index < -0.39 is 5.60 Å². The van der Waals surface area contributed by atoms with Crippen molar-refractivity contribution in [3.8, 4) is 0 Å². The second-order valence-corrected chi connectivity index (χ2v) is 8.16. The van der Waals surface area contributed by atoms with Crippen LogP contribution in [0.5, 0.6) is 0 Å². The van der Waals surface area contributed by atoms with Gasteiger partial charge < -0.3 is 20.2 Å². The lowest BCUT2D eigenvalue weighted by atomic mass is 9.79. The molecule has 1 aliphatic heterocycles. The molecule has 1 aromatic heterocycles. The van der Waals surface area contributed by atoms with Crippen LogP contribution in [0, 0.1) is 11.3 Å². The van der Waals surface area contributed by atoms with E-state index in [0.29, 0.717) is 44.2 Å². The third-order valence-corrected chi connectivity index (χ3v) is 6.36. The molecule has 0 bridgehead atoms. The second kappa shape index (κ2) is 8.87. The number of carbonyl (C=O) groups is 1. The molecule has 1 amide bonds. The van der Waals surface area contributed by atoms with Crippen LogP contribution in [0.3, 0.4) is 0 Å². The minimum absolute atomic E-state index is 0.0424. The molecule has 1 aromatic carbocycles. The molecule has 30 heavy (non-hydrogen) atoms. The summed E-state index contributed by atoms with van der Waals surface area (Å²) in [4.78, 5) is 17.2. The van der Waals surface area contributed by atoms with E-state index in [2.05, 4.69) is 15.5 Å². The smallest absolute Gasteiger partial charge is 0.259 e. The third-order valence-electron chi connectivity index (χ3n) is 6.36. The van der Waals surface area contributed by atoms with Crippen LogP contribution >= 0.6 is 0 Å². The normalized spacial score (nSPS) is 19.5. The fourth-order valence-corrected chi connectivity index (χ4v) is 4.62. The predicted octanol–water partition coefficient (Wildman–Crippen LogP) is 1.66. The summed E-state index contributed by atoms with van der Waals surface area (Å²) >= 11 is 0. The Kier molecular flexibility index (Phi) is 6.03. The van der Waals surface area contributed by atoms with Gasteiger partial charge in [-0.15, -0.1) is 0 Å². The zero-order valence-corrected chi connectivity index (χ0v) is 17.2. The molecule has 4 rings (SSSR count). The van der Waals surface area contributed by atoms with Gasteiger partial charge >= 0.3 is 0 Å². The maximum atomic E-state index is 13.5. The molecule has 160 valence electrons. The van der Waals surface area contributed by atoms with Gasteiger partial charge in [0.05, 0.1) is 12.2 Å². The Morgan fingerprint density at radius 2 is 1.80 bits per heavy atom. The zero-order chi connectivity index (χ0) is 21.0. The Morgan fingerprint density at radius 3 is 2.43 bits per heavy atom. The molecule has 1 atom stereocenters. The largest absolute Gasteiger partial charge is 0.375 e. The number of piperazine rings is 1. The highest BCUT2D eigenvalue weighted by molar-refractivity contribution is 5.87. The van der Waals surface area contributed by atoms with Crippen LogP contribution in [0.25, 0.3) is 0 Å². The Balaban J connectivity index is 1.40. The molecule has 2 aromatic rings. The van der Waals surface area contributed by atoms with Crippen LogP contribution in [-0.2, 0) is 16.9 Å². The molecule has 8 heteroatoms. The number of hydrogen-bond donors (Lipinski definition) is 4. The second-order valence-electron chi connectivity index (χ2n) is 8.16. The summed E-state index contributed by atoms with van der Waals surface area (Å²) in [7, 11) is 0. The monoisotopic (exact) mass is 410 g/mol. The summed E-state index contributed by atoms with van der Waals surface area (Å²) in [6, 6.07) is 11.3. The molecule has 8 nitrogen and oxygen atoms in total. The molecule has 1 saturated carbocycles. The number of amides is 1. The number of H-pyrrole nitrogens is 1. The molecule has 1 saturated heterocycles. The van der Waals surface area contributed by atoms with Gasteiger partial charge in [-0.2, -0.15) is 5.10 Å². The minimum atomic E-state index is -1.47. The predicted molar refractivity (Wildman–Crippen MR) is 114 cm³/mol. The number of nitrogens with zero attached hydrogens (tertiary/aromatic N) is 3. The van der Waals surface area contributed by atoms with Crippen molar-refractivity contribution in [3.63, 3.8) is 0 Å². The summed E-state index contributed by atoms with van der Waals surface area (Å²) in [6.07, 6.45) is 5.61. The van der Waals surface area contributed by atoms with Crippen molar-refractivity contribution in [1.82, 2.24) is 25.3 Å². The molecular formula is C22H30N6O2. The molecule has 4 N–H and O–H groups in total. The molecule has 2 heterocycles. The number of hydrogen-bond acceptors (Lipinski definition) is 4. The van der Waals surface area contributed by atoms with Crippen LogP contribution in [0.2, 0.25) is 0 Å². The van der Waals surface area contributed by atoms with Crippen molar-refractivity contribution >= 4 is 11.9 Å². The lowest BCUT2D eigenvalue weighted by Gasteiger charge is -2.42. The average molecular weight is 411 g/mol. The van der Waals surface area contributed by atoms with E-state index in [1.54, 1.807) is 11.1 Å². The van der Waals surface area contributed by atoms with Gasteiger partial charge in [0.15, 0.2) is 11.6 Å². The summed E-state index contributed by atoms with van der Waals surface area (Å²) in [5, 5.41) is 29.9. The van der Waals surface area contributed by atoms with Gasteiger partial charge in [0.25, 0.3) is 5.91 Å². The van der Waals surface area contributed by atoms with E-state index in [1.165, 1.54) is 0 Å². The lowest BCUT2D eigenvalue weighted by Crippen LogP contribution is -2.58. The highest BCUT2D eigenvalue weighted by atomic mass is 16.3. The van der Waals surface area contributed by atoms with Gasteiger partial charge in [-0.05, 0) is 24.5 Å². The van der Waals surface area contributed by atoms with E-state index in [0.717, 1.165) is 31.4 Å². The third kappa shape index (κ3) is 4.05. The van der Waals surface area contributed by atoms with E-state index in [4.69, 9.17) is 5.41 Å². The van der Waals surface area contributed by atoms with Crippen molar-refractivity contribution in [1.29, 1.82) is 5.41 Å². The first-order valence-corrected chi connectivity index (χ1v) is 10.7. The number of aromatic amines is 1. The van der Waals surface area contributed by atoms with Crippen molar-refractivity contribution in [2.45, 2.75) is 37.8 Å². The Morgan fingerprint density at radius 1 is 1.13 bits per heavy atom. The Labute approximate surface area is 176 Å². The Hall–Kier alpha value is -2.87. The lowest BCUT2D eigenvalue weighted by molar-refractivity contribution is -0.160. The molecule has 2 aliphatic rings. The maximum Gasteiger partial charge on any atom is 0.259 e. The van der Waals surface area contributed by atoms with Gasteiger partial charge in [0.2, 0.25) is 0 Å². The summed E-state index contributed by atoms with van der Waals surface area (Å²) in [5.74, 6) is 0.0923. The summed E-state index contributed by atoms with van der Waals surface area (Å²) in [5.41, 5.74) is 0.0711. The Bertz CT molecular complexity index is 842. The SMILES string of the molecule is N=C(NCc1cc[nH]n1)N1CCN(C(=O)[C@](O)(c2ccccc2)C2CCCC2)CC1. The average Bonchev–Trinajstić information content (AvgIpc) is 3.52. The van der Waals surface area contributed by atoms with Crippen LogP contribution in [0.15, 0.2) is 42.6 Å². The van der Waals surface area contributed by atoms with Gasteiger partial charge in [0, 0.05) is 38.3 Å². The number of nitrogens with one attached hydrogen (secondary N) is 3. The fourth-order valence-electron chi connectivity index (χ4n) is 4.62. The summed E-state index contributed by atoms with van der Waals surface area (Å²) < 4.78 is 0. The van der Waals surface area contributed by atoms with Crippen LogP contribution in [-0.4, -0.2) is 63.1 Å². The number of guanidine groups is 1. The minimum Gasteiger partial charge on any atom is -0.375 e. The first-order valence-electron chi connectivity index (χ1n) is 10.7. The van der Waals surface area contributed by atoms with E-state index >= 15 is 0 Å². The zero-order valence-electron chi connectivity index (χ0n) is 17.2. The molecule has 0 unspecified atom stereocenters. The van der Waals surface area contributed by atoms with Crippen LogP contribution in [0.1, 0.15) is 36.9 Å². The molecular weight excluding hydrogens is 380 g/mol. The van der Waals surface area contributed by atoms with E-state index in [1.807, 2.05) is 41.3 Å². The van der Waals surface area contributed by atoms with Gasteiger partial charge in [-0.1, -0.05) is 43.2 Å². The van der Waals surface area contributed by atoms with Gasteiger partial charge in [-0.25, -0.2) is 0 Å².